The van der Waals surface area contributed by atoms with Gasteiger partial charge >= 0.3 is 5.97 Å². The summed E-state index contributed by atoms with van der Waals surface area (Å²) in [5.41, 5.74) is 3.16. The van der Waals surface area contributed by atoms with Crippen molar-refractivity contribution in [3.8, 4) is 17.0 Å². The molecule has 3 aromatic rings. The lowest BCUT2D eigenvalue weighted by atomic mass is 10.1. The summed E-state index contributed by atoms with van der Waals surface area (Å²) in [5.74, 6) is -0.340. The number of esters is 1. The number of pyridine rings is 1. The van der Waals surface area contributed by atoms with Crippen molar-refractivity contribution in [2.45, 2.75) is 6.92 Å². The van der Waals surface area contributed by atoms with Gasteiger partial charge in [0.15, 0.2) is 0 Å². The van der Waals surface area contributed by atoms with Gasteiger partial charge in [-0.3, -0.25) is 4.79 Å². The molecule has 0 bridgehead atoms. The van der Waals surface area contributed by atoms with E-state index in [1.165, 1.54) is 6.08 Å². The Morgan fingerprint density at radius 2 is 1.81 bits per heavy atom. The highest BCUT2D eigenvalue weighted by molar-refractivity contribution is 5.99. The third-order valence-electron chi connectivity index (χ3n) is 3.86. The molecule has 27 heavy (non-hydrogen) atoms. The predicted molar refractivity (Wildman–Crippen MR) is 106 cm³/mol. The maximum absolute atomic E-state index is 12.0. The highest BCUT2D eigenvalue weighted by Crippen LogP contribution is 2.31. The molecule has 3 rings (SSSR count). The molecule has 0 atom stereocenters. The van der Waals surface area contributed by atoms with Gasteiger partial charge in [0.05, 0.1) is 11.2 Å². The number of nitrogens with zero attached hydrogens (tertiary/aromatic N) is 1. The van der Waals surface area contributed by atoms with Gasteiger partial charge in [0.2, 0.25) is 5.91 Å². The number of nitrogens with one attached hydrogen (secondary N) is 1. The lowest BCUT2D eigenvalue weighted by molar-refractivity contribution is -0.130. The lowest BCUT2D eigenvalue weighted by Crippen LogP contribution is -2.09. The van der Waals surface area contributed by atoms with E-state index in [0.717, 1.165) is 10.9 Å². The Bertz CT molecular complexity index is 1050. The molecular weight excluding hydrogens is 340 g/mol. The summed E-state index contributed by atoms with van der Waals surface area (Å²) < 4.78 is 5.50. The van der Waals surface area contributed by atoms with Crippen LogP contribution in [-0.2, 0) is 9.59 Å². The number of hydrogen-bond acceptors (Lipinski definition) is 4. The molecule has 0 fully saturated rings. The van der Waals surface area contributed by atoms with Gasteiger partial charge in [0.1, 0.15) is 5.75 Å². The van der Waals surface area contributed by atoms with E-state index in [1.807, 2.05) is 36.4 Å². The van der Waals surface area contributed by atoms with Crippen LogP contribution in [0.1, 0.15) is 6.92 Å². The summed E-state index contributed by atoms with van der Waals surface area (Å²) in [6.45, 7) is 8.65. The molecule has 1 aromatic heterocycles. The number of anilines is 1. The Hall–Kier alpha value is -3.73. The zero-order valence-corrected chi connectivity index (χ0v) is 14.9. The van der Waals surface area contributed by atoms with E-state index in [0.29, 0.717) is 28.2 Å². The second-order valence-electron chi connectivity index (χ2n) is 5.96. The third-order valence-corrected chi connectivity index (χ3v) is 3.86. The quantitative estimate of drug-likeness (QED) is 0.538. The molecule has 0 spiro atoms. The molecule has 1 heterocycles. The monoisotopic (exact) mass is 358 g/mol. The first kappa shape index (κ1) is 18.1. The number of carbonyl (C=O) groups is 2. The molecule has 1 N–H and O–H groups in total. The first-order valence-electron chi connectivity index (χ1n) is 8.29. The predicted octanol–water partition coefficient (Wildman–Crippen LogP) is 4.51. The molecule has 0 unspecified atom stereocenters. The van der Waals surface area contributed by atoms with Crippen LogP contribution in [0, 0.1) is 0 Å². The molecule has 0 saturated heterocycles. The van der Waals surface area contributed by atoms with Crippen molar-refractivity contribution in [3.05, 3.63) is 79.4 Å². The molecule has 5 nitrogen and oxygen atoms in total. The van der Waals surface area contributed by atoms with E-state index < -0.39 is 5.97 Å². The van der Waals surface area contributed by atoms with Gasteiger partial charge in [-0.2, -0.15) is 0 Å². The van der Waals surface area contributed by atoms with E-state index >= 15 is 0 Å². The maximum Gasteiger partial charge on any atom is 0.338 e. The average Bonchev–Trinajstić information content (AvgIpc) is 2.68. The Morgan fingerprint density at radius 1 is 1.11 bits per heavy atom. The van der Waals surface area contributed by atoms with Gasteiger partial charge in [0, 0.05) is 28.3 Å². The van der Waals surface area contributed by atoms with Crippen molar-refractivity contribution in [1.29, 1.82) is 0 Å². The molecule has 0 aliphatic heterocycles. The SMILES string of the molecule is C=CC(=O)Nc1ccc(-c2cc(OC(=O)C(=C)C)c3ccccc3n2)cc1. The van der Waals surface area contributed by atoms with Gasteiger partial charge in [-0.05, 0) is 37.3 Å². The van der Waals surface area contributed by atoms with Crippen molar-refractivity contribution in [2.24, 2.45) is 0 Å². The fourth-order valence-corrected chi connectivity index (χ4v) is 2.48. The van der Waals surface area contributed by atoms with Crippen LogP contribution in [0.2, 0.25) is 0 Å². The van der Waals surface area contributed by atoms with Crippen molar-refractivity contribution < 1.29 is 14.3 Å². The van der Waals surface area contributed by atoms with E-state index in [1.54, 1.807) is 25.1 Å². The summed E-state index contributed by atoms with van der Waals surface area (Å²) in [6, 6.07) is 16.4. The second kappa shape index (κ2) is 7.66. The minimum Gasteiger partial charge on any atom is -0.422 e. The van der Waals surface area contributed by atoms with Crippen LogP contribution in [0.15, 0.2) is 79.4 Å². The number of amides is 1. The summed E-state index contributed by atoms with van der Waals surface area (Å²) in [7, 11) is 0. The summed E-state index contributed by atoms with van der Waals surface area (Å²) in [6.07, 6.45) is 1.21. The van der Waals surface area contributed by atoms with Crippen LogP contribution in [0.5, 0.6) is 5.75 Å². The smallest absolute Gasteiger partial charge is 0.338 e. The molecule has 0 aliphatic rings. The van der Waals surface area contributed by atoms with Crippen LogP contribution >= 0.6 is 0 Å². The topological polar surface area (TPSA) is 68.3 Å². The van der Waals surface area contributed by atoms with E-state index in [4.69, 9.17) is 4.74 Å². The van der Waals surface area contributed by atoms with E-state index in [2.05, 4.69) is 23.5 Å². The zero-order chi connectivity index (χ0) is 19.4. The molecule has 134 valence electrons. The van der Waals surface area contributed by atoms with Gasteiger partial charge in [0.25, 0.3) is 0 Å². The van der Waals surface area contributed by atoms with Crippen molar-refractivity contribution in [1.82, 2.24) is 4.98 Å². The van der Waals surface area contributed by atoms with Crippen LogP contribution in [0.4, 0.5) is 5.69 Å². The minimum atomic E-state index is -0.486. The van der Waals surface area contributed by atoms with Crippen molar-refractivity contribution >= 4 is 28.5 Å². The van der Waals surface area contributed by atoms with Crippen LogP contribution in [0.3, 0.4) is 0 Å². The lowest BCUT2D eigenvalue weighted by Gasteiger charge is -2.11. The fourth-order valence-electron chi connectivity index (χ4n) is 2.48. The Morgan fingerprint density at radius 3 is 2.48 bits per heavy atom. The van der Waals surface area contributed by atoms with Crippen LogP contribution in [-0.4, -0.2) is 16.9 Å². The first-order valence-corrected chi connectivity index (χ1v) is 8.29. The van der Waals surface area contributed by atoms with Crippen LogP contribution < -0.4 is 10.1 Å². The normalized spacial score (nSPS) is 10.3. The molecular formula is C22H18N2O3. The number of ether oxygens (including phenoxy) is 1. The summed E-state index contributed by atoms with van der Waals surface area (Å²) in [4.78, 5) is 28.0. The second-order valence-corrected chi connectivity index (χ2v) is 5.96. The maximum atomic E-state index is 12.0. The highest BCUT2D eigenvalue weighted by Gasteiger charge is 2.12. The summed E-state index contributed by atoms with van der Waals surface area (Å²) in [5, 5.41) is 3.43. The van der Waals surface area contributed by atoms with E-state index in [9.17, 15) is 9.59 Å². The van der Waals surface area contributed by atoms with Gasteiger partial charge in [-0.1, -0.05) is 37.4 Å². The number of fused-ring (bicyclic) bond motifs is 1. The molecule has 0 radical (unpaired) electrons. The van der Waals surface area contributed by atoms with Crippen LogP contribution in [0.25, 0.3) is 22.2 Å². The van der Waals surface area contributed by atoms with E-state index in [-0.39, 0.29) is 5.91 Å². The summed E-state index contributed by atoms with van der Waals surface area (Å²) >= 11 is 0. The largest absolute Gasteiger partial charge is 0.422 e. The minimum absolute atomic E-state index is 0.277. The molecule has 5 heteroatoms. The number of benzene rings is 2. The first-order chi connectivity index (χ1) is 13.0. The van der Waals surface area contributed by atoms with Gasteiger partial charge in [-0.15, -0.1) is 0 Å². The molecule has 0 aliphatic carbocycles. The van der Waals surface area contributed by atoms with Crippen molar-refractivity contribution in [2.75, 3.05) is 5.32 Å². The highest BCUT2D eigenvalue weighted by atomic mass is 16.5. The molecule has 0 saturated carbocycles. The third kappa shape index (κ3) is 4.10. The molecule has 2 aromatic carbocycles. The number of carbonyl (C=O) groups excluding carboxylic acids is 2. The fraction of sp³-hybridized carbons (Fsp3) is 0.0455. The number of hydrogen-bond donors (Lipinski definition) is 1. The number of rotatable bonds is 5. The number of aromatic nitrogens is 1. The molecule has 1 amide bonds. The zero-order valence-electron chi connectivity index (χ0n) is 14.9. The Balaban J connectivity index is 2.01. The van der Waals surface area contributed by atoms with Gasteiger partial charge < -0.3 is 10.1 Å². The Labute approximate surface area is 157 Å². The number of para-hydroxylation sites is 1. The van der Waals surface area contributed by atoms with Crippen molar-refractivity contribution in [3.63, 3.8) is 0 Å². The van der Waals surface area contributed by atoms with Gasteiger partial charge in [-0.25, -0.2) is 9.78 Å². The average molecular weight is 358 g/mol. The Kier molecular flexibility index (Phi) is 5.13. The standard InChI is InChI=1S/C22H18N2O3/c1-4-21(25)23-16-11-9-15(10-12-16)19-13-20(27-22(26)14(2)3)17-7-5-6-8-18(17)24-19/h4-13H,1-2H2,3H3,(H,23,25).